The predicted octanol–water partition coefficient (Wildman–Crippen LogP) is 4.74. The van der Waals surface area contributed by atoms with Crippen LogP contribution in [0, 0.1) is 0 Å². The largest absolute Gasteiger partial charge is 0.358 e. The van der Waals surface area contributed by atoms with Gasteiger partial charge < -0.3 is 9.30 Å². The standard InChI is InChI=1S/C17H19NO/c1-3-17(19-4-2)18-15-11-7-5-9-13(15)14-10-6-8-12-16(14)18/h5-12,17H,3-4H2,1-2H3/t17-/m1/s1. The molecular weight excluding hydrogens is 234 g/mol. The van der Waals surface area contributed by atoms with Crippen molar-refractivity contribution in [3.05, 3.63) is 48.5 Å². The van der Waals surface area contributed by atoms with Crippen LogP contribution in [0.15, 0.2) is 48.5 Å². The normalized spacial score (nSPS) is 13.2. The zero-order chi connectivity index (χ0) is 13.2. The number of ether oxygens (including phenoxy) is 1. The van der Waals surface area contributed by atoms with Gasteiger partial charge in [0.25, 0.3) is 0 Å². The lowest BCUT2D eigenvalue weighted by molar-refractivity contribution is 0.0137. The van der Waals surface area contributed by atoms with Gasteiger partial charge in [-0.1, -0.05) is 43.3 Å². The molecule has 2 nitrogen and oxygen atoms in total. The van der Waals surface area contributed by atoms with E-state index in [-0.39, 0.29) is 6.23 Å². The summed E-state index contributed by atoms with van der Waals surface area (Å²) in [5.74, 6) is 0. The molecule has 0 fully saturated rings. The molecule has 0 amide bonds. The van der Waals surface area contributed by atoms with E-state index in [2.05, 4.69) is 66.9 Å². The second-order valence-electron chi connectivity index (χ2n) is 4.72. The van der Waals surface area contributed by atoms with Crippen LogP contribution in [-0.2, 0) is 4.74 Å². The highest BCUT2D eigenvalue weighted by Crippen LogP contribution is 2.32. The van der Waals surface area contributed by atoms with Gasteiger partial charge in [0.05, 0.1) is 11.0 Å². The lowest BCUT2D eigenvalue weighted by Crippen LogP contribution is -2.11. The summed E-state index contributed by atoms with van der Waals surface area (Å²) in [6, 6.07) is 17.1. The fourth-order valence-electron chi connectivity index (χ4n) is 2.83. The molecule has 0 aliphatic carbocycles. The zero-order valence-electron chi connectivity index (χ0n) is 11.5. The second kappa shape index (κ2) is 5.06. The summed E-state index contributed by atoms with van der Waals surface area (Å²) in [6.45, 7) is 4.96. The van der Waals surface area contributed by atoms with E-state index in [1.54, 1.807) is 0 Å². The van der Waals surface area contributed by atoms with Crippen LogP contribution in [0.5, 0.6) is 0 Å². The molecule has 3 rings (SSSR count). The van der Waals surface area contributed by atoms with Gasteiger partial charge in [-0.15, -0.1) is 0 Å². The third-order valence-electron chi connectivity index (χ3n) is 3.61. The summed E-state index contributed by atoms with van der Waals surface area (Å²) in [4.78, 5) is 0. The predicted molar refractivity (Wildman–Crippen MR) is 80.4 cm³/mol. The van der Waals surface area contributed by atoms with E-state index in [1.165, 1.54) is 21.8 Å². The molecule has 0 bridgehead atoms. The quantitative estimate of drug-likeness (QED) is 0.655. The summed E-state index contributed by atoms with van der Waals surface area (Å²) in [5.41, 5.74) is 2.51. The number of nitrogens with zero attached hydrogens (tertiary/aromatic N) is 1. The summed E-state index contributed by atoms with van der Waals surface area (Å²) >= 11 is 0. The summed E-state index contributed by atoms with van der Waals surface area (Å²) in [7, 11) is 0. The maximum Gasteiger partial charge on any atom is 0.134 e. The molecule has 98 valence electrons. The van der Waals surface area contributed by atoms with Crippen molar-refractivity contribution in [1.29, 1.82) is 0 Å². The number of aromatic nitrogens is 1. The number of hydrogen-bond donors (Lipinski definition) is 0. The van der Waals surface area contributed by atoms with Gasteiger partial charge in [0.1, 0.15) is 6.23 Å². The van der Waals surface area contributed by atoms with E-state index in [9.17, 15) is 0 Å². The Hall–Kier alpha value is -1.80. The Bertz CT molecular complexity index is 645. The molecule has 0 aliphatic heterocycles. The minimum absolute atomic E-state index is 0.106. The average molecular weight is 253 g/mol. The first-order chi connectivity index (χ1) is 9.36. The number of hydrogen-bond acceptors (Lipinski definition) is 1. The molecule has 0 saturated carbocycles. The zero-order valence-corrected chi connectivity index (χ0v) is 11.5. The van der Waals surface area contributed by atoms with Gasteiger partial charge >= 0.3 is 0 Å². The third-order valence-corrected chi connectivity index (χ3v) is 3.61. The molecule has 2 heteroatoms. The average Bonchev–Trinajstić information content (AvgIpc) is 2.80. The van der Waals surface area contributed by atoms with Crippen molar-refractivity contribution in [3.63, 3.8) is 0 Å². The molecule has 0 saturated heterocycles. The van der Waals surface area contributed by atoms with Gasteiger partial charge in [0.15, 0.2) is 0 Å². The van der Waals surface area contributed by atoms with Gasteiger partial charge in [-0.25, -0.2) is 0 Å². The van der Waals surface area contributed by atoms with Gasteiger partial charge in [0, 0.05) is 17.4 Å². The minimum atomic E-state index is 0.106. The Kier molecular flexibility index (Phi) is 3.26. The maximum atomic E-state index is 5.91. The highest BCUT2D eigenvalue weighted by atomic mass is 16.5. The van der Waals surface area contributed by atoms with E-state index in [0.29, 0.717) is 0 Å². The fraction of sp³-hybridized carbons (Fsp3) is 0.294. The summed E-state index contributed by atoms with van der Waals surface area (Å²) < 4.78 is 8.24. The molecule has 3 aromatic rings. The molecule has 0 radical (unpaired) electrons. The lowest BCUT2D eigenvalue weighted by Gasteiger charge is -2.19. The second-order valence-corrected chi connectivity index (χ2v) is 4.72. The molecule has 19 heavy (non-hydrogen) atoms. The van der Waals surface area contributed by atoms with E-state index in [0.717, 1.165) is 13.0 Å². The molecule has 1 aromatic heterocycles. The first-order valence-electron chi connectivity index (χ1n) is 6.96. The fourth-order valence-corrected chi connectivity index (χ4v) is 2.83. The number of para-hydroxylation sites is 2. The van der Waals surface area contributed by atoms with Crippen molar-refractivity contribution >= 4 is 21.8 Å². The molecule has 0 unspecified atom stereocenters. The van der Waals surface area contributed by atoms with Crippen LogP contribution in [-0.4, -0.2) is 11.2 Å². The Morgan fingerprint density at radius 1 is 0.895 bits per heavy atom. The van der Waals surface area contributed by atoms with E-state index in [1.807, 2.05) is 0 Å². The van der Waals surface area contributed by atoms with Gasteiger partial charge in [0.2, 0.25) is 0 Å². The van der Waals surface area contributed by atoms with Gasteiger partial charge in [-0.05, 0) is 25.5 Å². The molecule has 0 spiro atoms. The number of rotatable bonds is 4. The third kappa shape index (κ3) is 1.92. The molecule has 1 heterocycles. The summed E-state index contributed by atoms with van der Waals surface area (Å²) in [5, 5.41) is 2.60. The summed E-state index contributed by atoms with van der Waals surface area (Å²) in [6.07, 6.45) is 1.08. The first kappa shape index (κ1) is 12.2. The van der Waals surface area contributed by atoms with Crippen molar-refractivity contribution in [2.45, 2.75) is 26.5 Å². The Morgan fingerprint density at radius 2 is 1.42 bits per heavy atom. The van der Waals surface area contributed by atoms with Gasteiger partial charge in [-0.2, -0.15) is 0 Å². The van der Waals surface area contributed by atoms with Crippen LogP contribution in [0.4, 0.5) is 0 Å². The Labute approximate surface area is 113 Å². The number of benzene rings is 2. The smallest absolute Gasteiger partial charge is 0.134 e. The topological polar surface area (TPSA) is 14.2 Å². The highest BCUT2D eigenvalue weighted by Gasteiger charge is 2.16. The van der Waals surface area contributed by atoms with Gasteiger partial charge in [-0.3, -0.25) is 0 Å². The maximum absolute atomic E-state index is 5.91. The molecular formula is C17H19NO. The van der Waals surface area contributed by atoms with Crippen LogP contribution in [0.2, 0.25) is 0 Å². The molecule has 1 atom stereocenters. The Morgan fingerprint density at radius 3 is 1.89 bits per heavy atom. The van der Waals surface area contributed by atoms with E-state index in [4.69, 9.17) is 4.74 Å². The van der Waals surface area contributed by atoms with Crippen LogP contribution in [0.3, 0.4) is 0 Å². The van der Waals surface area contributed by atoms with Crippen LogP contribution in [0.25, 0.3) is 21.8 Å². The van der Waals surface area contributed by atoms with Crippen molar-refractivity contribution in [2.24, 2.45) is 0 Å². The number of fused-ring (bicyclic) bond motifs is 3. The molecule has 0 N–H and O–H groups in total. The van der Waals surface area contributed by atoms with Crippen LogP contribution in [0.1, 0.15) is 26.5 Å². The first-order valence-corrected chi connectivity index (χ1v) is 6.96. The monoisotopic (exact) mass is 253 g/mol. The van der Waals surface area contributed by atoms with E-state index >= 15 is 0 Å². The molecule has 0 aliphatic rings. The van der Waals surface area contributed by atoms with Crippen molar-refractivity contribution in [1.82, 2.24) is 4.57 Å². The van der Waals surface area contributed by atoms with Crippen molar-refractivity contribution in [3.8, 4) is 0 Å². The molecule has 2 aromatic carbocycles. The van der Waals surface area contributed by atoms with Crippen LogP contribution >= 0.6 is 0 Å². The Balaban J connectivity index is 2.35. The van der Waals surface area contributed by atoms with E-state index < -0.39 is 0 Å². The highest BCUT2D eigenvalue weighted by molar-refractivity contribution is 6.08. The van der Waals surface area contributed by atoms with Crippen molar-refractivity contribution in [2.75, 3.05) is 6.61 Å². The lowest BCUT2D eigenvalue weighted by atomic mass is 10.2. The SMILES string of the molecule is CCO[C@H](CC)n1c2ccccc2c2ccccc21. The minimum Gasteiger partial charge on any atom is -0.358 e. The van der Waals surface area contributed by atoms with Crippen LogP contribution < -0.4 is 0 Å². The van der Waals surface area contributed by atoms with Crippen molar-refractivity contribution < 1.29 is 4.74 Å².